The minimum absolute atomic E-state index is 0.145. The van der Waals surface area contributed by atoms with Gasteiger partial charge < -0.3 is 4.42 Å². The first-order chi connectivity index (χ1) is 12.5. The Morgan fingerprint density at radius 1 is 1.04 bits per heavy atom. The molecular formula is C20H26N4OS. The third-order valence-corrected chi connectivity index (χ3v) is 5.13. The van der Waals surface area contributed by atoms with Crippen LogP contribution in [-0.2, 0) is 12.0 Å². The lowest BCUT2D eigenvalue weighted by Gasteiger charge is -2.18. The average molecular weight is 371 g/mol. The zero-order chi connectivity index (χ0) is 18.4. The van der Waals surface area contributed by atoms with Crippen molar-refractivity contribution < 1.29 is 4.42 Å². The summed E-state index contributed by atoms with van der Waals surface area (Å²) >= 11 is 1.63. The molecule has 5 nitrogen and oxygen atoms in total. The van der Waals surface area contributed by atoms with Gasteiger partial charge in [0.1, 0.15) is 0 Å². The molecule has 1 aromatic carbocycles. The SMILES string of the molecule is CC(C)(C)c1ccc(-c2nnc(SCCCCCn3cccn3)o2)cc1. The van der Waals surface area contributed by atoms with Gasteiger partial charge in [-0.25, -0.2) is 0 Å². The van der Waals surface area contributed by atoms with Crippen LogP contribution < -0.4 is 0 Å². The Hall–Kier alpha value is -2.08. The van der Waals surface area contributed by atoms with E-state index in [0.29, 0.717) is 11.1 Å². The van der Waals surface area contributed by atoms with Gasteiger partial charge in [-0.3, -0.25) is 4.68 Å². The maximum Gasteiger partial charge on any atom is 0.276 e. The standard InChI is InChI=1S/C20H26N4OS/c1-20(2,3)17-10-8-16(9-11-17)18-22-23-19(25-18)26-15-6-4-5-13-24-14-7-12-21-24/h7-12,14H,4-6,13,15H2,1-3H3. The molecule has 2 aromatic heterocycles. The Morgan fingerprint density at radius 3 is 2.54 bits per heavy atom. The Morgan fingerprint density at radius 2 is 1.85 bits per heavy atom. The second kappa shape index (κ2) is 8.54. The highest BCUT2D eigenvalue weighted by atomic mass is 32.2. The summed E-state index contributed by atoms with van der Waals surface area (Å²) in [5, 5.41) is 13.2. The average Bonchev–Trinajstić information content (AvgIpc) is 3.29. The van der Waals surface area contributed by atoms with E-state index in [1.165, 1.54) is 12.0 Å². The predicted molar refractivity (Wildman–Crippen MR) is 105 cm³/mol. The van der Waals surface area contributed by atoms with Crippen LogP contribution in [0.2, 0.25) is 0 Å². The van der Waals surface area contributed by atoms with E-state index in [1.807, 2.05) is 23.1 Å². The molecule has 0 radical (unpaired) electrons. The van der Waals surface area contributed by atoms with Gasteiger partial charge in [0.05, 0.1) is 0 Å². The minimum Gasteiger partial charge on any atom is -0.411 e. The fourth-order valence-electron chi connectivity index (χ4n) is 2.64. The highest BCUT2D eigenvalue weighted by molar-refractivity contribution is 7.99. The topological polar surface area (TPSA) is 56.7 Å². The van der Waals surface area contributed by atoms with Crippen molar-refractivity contribution in [2.24, 2.45) is 0 Å². The molecule has 0 fully saturated rings. The maximum absolute atomic E-state index is 5.79. The Kier molecular flexibility index (Phi) is 6.14. The van der Waals surface area contributed by atoms with Crippen molar-refractivity contribution in [2.45, 2.75) is 57.2 Å². The molecule has 0 N–H and O–H groups in total. The van der Waals surface area contributed by atoms with Crippen LogP contribution in [0.1, 0.15) is 45.6 Å². The van der Waals surface area contributed by atoms with Crippen molar-refractivity contribution in [1.82, 2.24) is 20.0 Å². The van der Waals surface area contributed by atoms with Gasteiger partial charge in [-0.15, -0.1) is 10.2 Å². The molecule has 0 unspecified atom stereocenters. The summed E-state index contributed by atoms with van der Waals surface area (Å²) in [5.74, 6) is 1.58. The van der Waals surface area contributed by atoms with Crippen LogP contribution in [0, 0.1) is 0 Å². The summed E-state index contributed by atoms with van der Waals surface area (Å²) in [6.07, 6.45) is 7.26. The van der Waals surface area contributed by atoms with Gasteiger partial charge in [-0.1, -0.05) is 51.1 Å². The molecule has 0 bridgehead atoms. The lowest BCUT2D eigenvalue weighted by Crippen LogP contribution is -2.10. The highest BCUT2D eigenvalue weighted by Crippen LogP contribution is 2.27. The van der Waals surface area contributed by atoms with Crippen molar-refractivity contribution in [3.05, 3.63) is 48.3 Å². The normalized spacial score (nSPS) is 11.8. The molecule has 3 aromatic rings. The van der Waals surface area contributed by atoms with Crippen LogP contribution in [0.25, 0.3) is 11.5 Å². The number of thioether (sulfide) groups is 1. The van der Waals surface area contributed by atoms with E-state index >= 15 is 0 Å². The van der Waals surface area contributed by atoms with E-state index < -0.39 is 0 Å². The number of unbranched alkanes of at least 4 members (excludes halogenated alkanes) is 2. The molecule has 26 heavy (non-hydrogen) atoms. The molecule has 3 rings (SSSR count). The van der Waals surface area contributed by atoms with Crippen molar-refractivity contribution in [2.75, 3.05) is 5.75 Å². The molecule has 0 saturated carbocycles. The monoisotopic (exact) mass is 370 g/mol. The smallest absolute Gasteiger partial charge is 0.276 e. The zero-order valence-electron chi connectivity index (χ0n) is 15.7. The molecule has 2 heterocycles. The van der Waals surface area contributed by atoms with Gasteiger partial charge in [0.25, 0.3) is 5.22 Å². The Labute approximate surface area is 159 Å². The molecule has 0 atom stereocenters. The number of rotatable bonds is 8. The van der Waals surface area contributed by atoms with E-state index in [1.54, 1.807) is 11.8 Å². The first kappa shape index (κ1) is 18.7. The third kappa shape index (κ3) is 5.21. The molecule has 0 aliphatic heterocycles. The van der Waals surface area contributed by atoms with Gasteiger partial charge in [0.2, 0.25) is 5.89 Å². The maximum atomic E-state index is 5.79. The Balaban J connectivity index is 1.43. The molecule has 0 amide bonds. The first-order valence-electron chi connectivity index (χ1n) is 9.07. The number of aromatic nitrogens is 4. The van der Waals surface area contributed by atoms with Crippen LogP contribution >= 0.6 is 11.8 Å². The first-order valence-corrected chi connectivity index (χ1v) is 10.1. The summed E-state index contributed by atoms with van der Waals surface area (Å²) < 4.78 is 7.76. The summed E-state index contributed by atoms with van der Waals surface area (Å²) in [6, 6.07) is 10.3. The van der Waals surface area contributed by atoms with E-state index in [0.717, 1.165) is 30.7 Å². The number of aryl methyl sites for hydroxylation is 1. The molecule has 0 aliphatic carbocycles. The van der Waals surface area contributed by atoms with Crippen LogP contribution in [0.5, 0.6) is 0 Å². The largest absolute Gasteiger partial charge is 0.411 e. The van der Waals surface area contributed by atoms with E-state index in [9.17, 15) is 0 Å². The number of benzene rings is 1. The molecule has 138 valence electrons. The Bertz CT molecular complexity index is 788. The van der Waals surface area contributed by atoms with Gasteiger partial charge in [-0.05, 0) is 42.0 Å². The van der Waals surface area contributed by atoms with Gasteiger partial charge >= 0.3 is 0 Å². The van der Waals surface area contributed by atoms with Crippen LogP contribution in [-0.4, -0.2) is 25.7 Å². The van der Waals surface area contributed by atoms with Crippen LogP contribution in [0.3, 0.4) is 0 Å². The number of nitrogens with zero attached hydrogens (tertiary/aromatic N) is 4. The van der Waals surface area contributed by atoms with Gasteiger partial charge in [0.15, 0.2) is 0 Å². The van der Waals surface area contributed by atoms with E-state index in [4.69, 9.17) is 4.42 Å². The molecule has 6 heteroatoms. The minimum atomic E-state index is 0.145. The van der Waals surface area contributed by atoms with E-state index in [-0.39, 0.29) is 5.41 Å². The van der Waals surface area contributed by atoms with Crippen molar-refractivity contribution in [1.29, 1.82) is 0 Å². The van der Waals surface area contributed by atoms with Gasteiger partial charge in [0, 0.05) is 30.3 Å². The highest BCUT2D eigenvalue weighted by Gasteiger charge is 2.14. The molecule has 0 saturated heterocycles. The van der Waals surface area contributed by atoms with Crippen LogP contribution in [0.4, 0.5) is 0 Å². The fraction of sp³-hybridized carbons (Fsp3) is 0.450. The van der Waals surface area contributed by atoms with Crippen molar-refractivity contribution in [3.8, 4) is 11.5 Å². The second-order valence-electron chi connectivity index (χ2n) is 7.38. The van der Waals surface area contributed by atoms with E-state index in [2.05, 4.69) is 60.3 Å². The third-order valence-electron chi connectivity index (χ3n) is 4.22. The van der Waals surface area contributed by atoms with Crippen LogP contribution in [0.15, 0.2) is 52.4 Å². The summed E-state index contributed by atoms with van der Waals surface area (Å²) in [5.41, 5.74) is 2.41. The number of hydrogen-bond donors (Lipinski definition) is 0. The summed E-state index contributed by atoms with van der Waals surface area (Å²) in [7, 11) is 0. The second-order valence-corrected chi connectivity index (χ2v) is 8.42. The van der Waals surface area contributed by atoms with Gasteiger partial charge in [-0.2, -0.15) is 5.10 Å². The predicted octanol–water partition coefficient (Wildman–Crippen LogP) is 5.19. The summed E-state index contributed by atoms with van der Waals surface area (Å²) in [4.78, 5) is 0. The lowest BCUT2D eigenvalue weighted by atomic mass is 9.87. The van der Waals surface area contributed by atoms with Crippen molar-refractivity contribution in [3.63, 3.8) is 0 Å². The van der Waals surface area contributed by atoms with Crippen molar-refractivity contribution >= 4 is 11.8 Å². The lowest BCUT2D eigenvalue weighted by molar-refractivity contribution is 0.465. The number of hydrogen-bond acceptors (Lipinski definition) is 5. The zero-order valence-corrected chi connectivity index (χ0v) is 16.5. The fourth-order valence-corrected chi connectivity index (χ4v) is 3.40. The quantitative estimate of drug-likeness (QED) is 0.403. The molecule has 0 aliphatic rings. The molecule has 0 spiro atoms. The summed E-state index contributed by atoms with van der Waals surface area (Å²) in [6.45, 7) is 7.60. The molecular weight excluding hydrogens is 344 g/mol.